The summed E-state index contributed by atoms with van der Waals surface area (Å²) in [5.74, 6) is 1.71. The lowest BCUT2D eigenvalue weighted by molar-refractivity contribution is 0.171. The van der Waals surface area contributed by atoms with Crippen LogP contribution in [0.25, 0.3) is 0 Å². The Morgan fingerprint density at radius 2 is 2.05 bits per heavy atom. The number of ether oxygens (including phenoxy) is 2. The second-order valence-corrected chi connectivity index (χ2v) is 5.32. The third-order valence-corrected chi connectivity index (χ3v) is 3.63. The molecule has 112 valence electrons. The first-order chi connectivity index (χ1) is 10.2. The van der Waals surface area contributed by atoms with Crippen molar-refractivity contribution in [2.45, 2.75) is 19.9 Å². The van der Waals surface area contributed by atoms with Gasteiger partial charge in [-0.25, -0.2) is 0 Å². The summed E-state index contributed by atoms with van der Waals surface area (Å²) < 4.78 is 13.0. The highest BCUT2D eigenvalue weighted by atomic mass is 16.6. The SMILES string of the molecule is Cc1nn(C)cc1CNCCc1ccc2c(c1)OCCO2. The maximum absolute atomic E-state index is 5.60. The van der Waals surface area contributed by atoms with E-state index in [1.54, 1.807) is 0 Å². The van der Waals surface area contributed by atoms with E-state index in [1.165, 1.54) is 11.1 Å². The smallest absolute Gasteiger partial charge is 0.161 e. The maximum Gasteiger partial charge on any atom is 0.161 e. The van der Waals surface area contributed by atoms with E-state index in [9.17, 15) is 0 Å². The third kappa shape index (κ3) is 3.36. The molecule has 0 radical (unpaired) electrons. The summed E-state index contributed by atoms with van der Waals surface area (Å²) in [5, 5.41) is 7.80. The molecule has 0 unspecified atom stereocenters. The third-order valence-electron chi connectivity index (χ3n) is 3.63. The van der Waals surface area contributed by atoms with E-state index in [0.29, 0.717) is 13.2 Å². The van der Waals surface area contributed by atoms with E-state index in [4.69, 9.17) is 9.47 Å². The highest BCUT2D eigenvalue weighted by Gasteiger charge is 2.11. The van der Waals surface area contributed by atoms with Crippen molar-refractivity contribution in [3.05, 3.63) is 41.2 Å². The van der Waals surface area contributed by atoms with E-state index in [-0.39, 0.29) is 0 Å². The Kier molecular flexibility index (Phi) is 4.10. The van der Waals surface area contributed by atoms with Gasteiger partial charge in [-0.2, -0.15) is 5.10 Å². The van der Waals surface area contributed by atoms with Crippen LogP contribution in [0.5, 0.6) is 11.5 Å². The van der Waals surface area contributed by atoms with Crippen LogP contribution in [0.1, 0.15) is 16.8 Å². The van der Waals surface area contributed by atoms with Gasteiger partial charge in [-0.05, 0) is 37.6 Å². The summed E-state index contributed by atoms with van der Waals surface area (Å²) in [7, 11) is 1.95. The van der Waals surface area contributed by atoms with Gasteiger partial charge < -0.3 is 14.8 Å². The van der Waals surface area contributed by atoms with E-state index in [2.05, 4.69) is 28.7 Å². The van der Waals surface area contributed by atoms with Gasteiger partial charge in [-0.3, -0.25) is 4.68 Å². The maximum atomic E-state index is 5.60. The molecule has 0 bridgehead atoms. The van der Waals surface area contributed by atoms with Gasteiger partial charge in [0.1, 0.15) is 13.2 Å². The lowest BCUT2D eigenvalue weighted by Crippen LogP contribution is -2.18. The predicted octanol–water partition coefficient (Wildman–Crippen LogP) is 1.83. The molecule has 2 aromatic rings. The number of hydrogen-bond donors (Lipinski definition) is 1. The zero-order valence-corrected chi connectivity index (χ0v) is 12.6. The van der Waals surface area contributed by atoms with E-state index in [1.807, 2.05) is 24.7 Å². The van der Waals surface area contributed by atoms with Crippen LogP contribution in [-0.4, -0.2) is 29.5 Å². The molecule has 5 nitrogen and oxygen atoms in total. The Morgan fingerprint density at radius 1 is 1.24 bits per heavy atom. The first-order valence-corrected chi connectivity index (χ1v) is 7.31. The van der Waals surface area contributed by atoms with Crippen molar-refractivity contribution < 1.29 is 9.47 Å². The molecule has 0 saturated carbocycles. The van der Waals surface area contributed by atoms with Crippen molar-refractivity contribution in [1.29, 1.82) is 0 Å². The van der Waals surface area contributed by atoms with Crippen LogP contribution in [0.15, 0.2) is 24.4 Å². The Labute approximate surface area is 124 Å². The number of hydrogen-bond acceptors (Lipinski definition) is 4. The summed E-state index contributed by atoms with van der Waals surface area (Å²) >= 11 is 0. The van der Waals surface area contributed by atoms with Crippen LogP contribution >= 0.6 is 0 Å². The second kappa shape index (κ2) is 6.18. The fourth-order valence-corrected chi connectivity index (χ4v) is 2.52. The van der Waals surface area contributed by atoms with Gasteiger partial charge >= 0.3 is 0 Å². The summed E-state index contributed by atoms with van der Waals surface area (Å²) in [6, 6.07) is 6.17. The van der Waals surface area contributed by atoms with E-state index >= 15 is 0 Å². The number of benzene rings is 1. The number of aryl methyl sites for hydroxylation is 2. The molecule has 5 heteroatoms. The van der Waals surface area contributed by atoms with Crippen molar-refractivity contribution in [2.75, 3.05) is 19.8 Å². The molecular formula is C16H21N3O2. The minimum atomic E-state index is 0.634. The fourth-order valence-electron chi connectivity index (χ4n) is 2.52. The molecule has 0 fully saturated rings. The van der Waals surface area contributed by atoms with Gasteiger partial charge in [0.15, 0.2) is 11.5 Å². The van der Waals surface area contributed by atoms with Crippen LogP contribution in [0, 0.1) is 6.92 Å². The topological polar surface area (TPSA) is 48.3 Å². The molecule has 0 saturated heterocycles. The zero-order chi connectivity index (χ0) is 14.7. The molecule has 3 rings (SSSR count). The summed E-state index contributed by atoms with van der Waals surface area (Å²) in [4.78, 5) is 0. The Bertz CT molecular complexity index is 622. The average Bonchev–Trinajstić information content (AvgIpc) is 2.81. The number of rotatable bonds is 5. The van der Waals surface area contributed by atoms with Gasteiger partial charge in [0.05, 0.1) is 5.69 Å². The van der Waals surface area contributed by atoms with Crippen LogP contribution < -0.4 is 14.8 Å². The van der Waals surface area contributed by atoms with Gasteiger partial charge in [0, 0.05) is 25.4 Å². The van der Waals surface area contributed by atoms with Crippen molar-refractivity contribution in [3.8, 4) is 11.5 Å². The number of aromatic nitrogens is 2. The molecular weight excluding hydrogens is 266 g/mol. The molecule has 0 atom stereocenters. The summed E-state index contributed by atoms with van der Waals surface area (Å²) in [6.45, 7) is 5.09. The Hall–Kier alpha value is -2.01. The first kappa shape index (κ1) is 13.9. The highest BCUT2D eigenvalue weighted by molar-refractivity contribution is 5.43. The molecule has 1 aliphatic rings. The largest absolute Gasteiger partial charge is 0.486 e. The van der Waals surface area contributed by atoms with Gasteiger partial charge in [0.2, 0.25) is 0 Å². The predicted molar refractivity (Wildman–Crippen MR) is 80.8 cm³/mol. The summed E-state index contributed by atoms with van der Waals surface area (Å²) in [6.07, 6.45) is 3.03. The molecule has 0 aliphatic carbocycles. The van der Waals surface area contributed by atoms with Crippen LogP contribution in [0.2, 0.25) is 0 Å². The van der Waals surface area contributed by atoms with Crippen molar-refractivity contribution in [3.63, 3.8) is 0 Å². The molecule has 1 aromatic carbocycles. The molecule has 2 heterocycles. The lowest BCUT2D eigenvalue weighted by Gasteiger charge is -2.18. The first-order valence-electron chi connectivity index (χ1n) is 7.31. The molecule has 1 N–H and O–H groups in total. The van der Waals surface area contributed by atoms with Gasteiger partial charge in [-0.1, -0.05) is 6.07 Å². The number of nitrogens with zero attached hydrogens (tertiary/aromatic N) is 2. The van der Waals surface area contributed by atoms with E-state index in [0.717, 1.165) is 36.7 Å². The number of fused-ring (bicyclic) bond motifs is 1. The van der Waals surface area contributed by atoms with Gasteiger partial charge in [-0.15, -0.1) is 0 Å². The minimum absolute atomic E-state index is 0.634. The van der Waals surface area contributed by atoms with Crippen LogP contribution in [-0.2, 0) is 20.0 Å². The van der Waals surface area contributed by atoms with Crippen molar-refractivity contribution in [1.82, 2.24) is 15.1 Å². The van der Waals surface area contributed by atoms with Crippen LogP contribution in [0.3, 0.4) is 0 Å². The molecule has 1 aliphatic heterocycles. The molecule has 21 heavy (non-hydrogen) atoms. The average molecular weight is 287 g/mol. The Morgan fingerprint density at radius 3 is 2.81 bits per heavy atom. The summed E-state index contributed by atoms with van der Waals surface area (Å²) in [5.41, 5.74) is 3.60. The highest BCUT2D eigenvalue weighted by Crippen LogP contribution is 2.30. The van der Waals surface area contributed by atoms with E-state index < -0.39 is 0 Å². The monoisotopic (exact) mass is 287 g/mol. The second-order valence-electron chi connectivity index (χ2n) is 5.32. The fraction of sp³-hybridized carbons (Fsp3) is 0.438. The Balaban J connectivity index is 1.50. The zero-order valence-electron chi connectivity index (χ0n) is 12.6. The van der Waals surface area contributed by atoms with Crippen LogP contribution in [0.4, 0.5) is 0 Å². The number of nitrogens with one attached hydrogen (secondary N) is 1. The minimum Gasteiger partial charge on any atom is -0.486 e. The van der Waals surface area contributed by atoms with Gasteiger partial charge in [0.25, 0.3) is 0 Å². The van der Waals surface area contributed by atoms with Crippen molar-refractivity contribution in [2.24, 2.45) is 7.05 Å². The molecule has 0 spiro atoms. The lowest BCUT2D eigenvalue weighted by atomic mass is 10.1. The standard InChI is InChI=1S/C16H21N3O2/c1-12-14(11-19(2)18-12)10-17-6-5-13-3-4-15-16(9-13)21-8-7-20-15/h3-4,9,11,17H,5-8,10H2,1-2H3. The molecule has 1 aromatic heterocycles. The molecule has 0 amide bonds. The quantitative estimate of drug-likeness (QED) is 0.852. The van der Waals surface area contributed by atoms with Crippen molar-refractivity contribution >= 4 is 0 Å². The normalized spacial score (nSPS) is 13.4.